The van der Waals surface area contributed by atoms with Gasteiger partial charge in [-0.3, -0.25) is 0 Å². The van der Waals surface area contributed by atoms with Crippen molar-refractivity contribution in [3.05, 3.63) is 48.0 Å². The molecule has 1 aromatic carbocycles. The van der Waals surface area contributed by atoms with Crippen LogP contribution in [0, 0.1) is 0 Å². The summed E-state index contributed by atoms with van der Waals surface area (Å²) in [4.78, 5) is 18.2. The molecule has 1 unspecified atom stereocenters. The van der Waals surface area contributed by atoms with Gasteiger partial charge in [0.05, 0.1) is 12.4 Å². The van der Waals surface area contributed by atoms with Crippen LogP contribution < -0.4 is 10.6 Å². The van der Waals surface area contributed by atoms with E-state index in [0.717, 1.165) is 24.3 Å². The molecule has 0 bridgehead atoms. The second-order valence-electron chi connectivity index (χ2n) is 5.19. The van der Waals surface area contributed by atoms with E-state index in [1.165, 1.54) is 11.1 Å². The molecule has 2 aromatic heterocycles. The third kappa shape index (κ3) is 1.87. The molecule has 1 atom stereocenters. The Morgan fingerprint density at radius 2 is 2.14 bits per heavy atom. The lowest BCUT2D eigenvalue weighted by Crippen LogP contribution is -2.40. The molecule has 3 heterocycles. The average Bonchev–Trinajstić information content (AvgIpc) is 3.02. The van der Waals surface area contributed by atoms with Gasteiger partial charge in [-0.1, -0.05) is 24.3 Å². The molecule has 3 aromatic rings. The first-order valence-electron chi connectivity index (χ1n) is 7.07. The number of nitrogens with zero attached hydrogens (tertiary/aromatic N) is 4. The largest absolute Gasteiger partial charge is 0.346 e. The maximum atomic E-state index is 6.05. The summed E-state index contributed by atoms with van der Waals surface area (Å²) in [7, 11) is 0. The molecular weight excluding hydrogens is 264 g/mol. The molecule has 0 fully saturated rings. The van der Waals surface area contributed by atoms with E-state index in [2.05, 4.69) is 49.1 Å². The summed E-state index contributed by atoms with van der Waals surface area (Å²) in [5, 5.41) is 0. The molecule has 106 valence electrons. The fourth-order valence-electron chi connectivity index (χ4n) is 3.13. The van der Waals surface area contributed by atoms with Gasteiger partial charge in [0.1, 0.15) is 11.8 Å². The lowest BCUT2D eigenvalue weighted by Gasteiger charge is -2.37. The molecule has 0 amide bonds. The van der Waals surface area contributed by atoms with E-state index >= 15 is 0 Å². The second-order valence-corrected chi connectivity index (χ2v) is 5.19. The van der Waals surface area contributed by atoms with Crippen LogP contribution in [0.4, 0.5) is 5.82 Å². The first-order chi connectivity index (χ1) is 10.4. The molecule has 3 N–H and O–H groups in total. The molecule has 1 aliphatic heterocycles. The van der Waals surface area contributed by atoms with E-state index in [1.54, 1.807) is 12.7 Å². The lowest BCUT2D eigenvalue weighted by molar-refractivity contribution is 0.585. The summed E-state index contributed by atoms with van der Waals surface area (Å²) in [5.74, 6) is 0.877. The fraction of sp³-hybridized carbons (Fsp3) is 0.267. The average molecular weight is 280 g/mol. The third-order valence-electron chi connectivity index (χ3n) is 4.11. The number of nitrogens with two attached hydrogens (primary N) is 1. The van der Waals surface area contributed by atoms with Gasteiger partial charge in [-0.2, -0.15) is 0 Å². The maximum Gasteiger partial charge on any atom is 0.182 e. The number of hydrogen-bond acceptors (Lipinski definition) is 5. The van der Waals surface area contributed by atoms with Crippen molar-refractivity contribution < 1.29 is 0 Å². The van der Waals surface area contributed by atoms with Crippen LogP contribution >= 0.6 is 0 Å². The molecular formula is C15H16N6. The Labute approximate surface area is 122 Å². The van der Waals surface area contributed by atoms with E-state index in [9.17, 15) is 0 Å². The number of nitrogens with one attached hydrogen (secondary N) is 1. The van der Waals surface area contributed by atoms with Crippen molar-refractivity contribution in [2.75, 3.05) is 18.0 Å². The SMILES string of the molecule is NCC1c2ccccc2CCN1c1ncnc2nc[nH]c12. The first kappa shape index (κ1) is 12.3. The zero-order valence-corrected chi connectivity index (χ0v) is 11.5. The summed E-state index contributed by atoms with van der Waals surface area (Å²) < 4.78 is 0. The summed E-state index contributed by atoms with van der Waals surface area (Å²) >= 11 is 0. The van der Waals surface area contributed by atoms with Crippen molar-refractivity contribution in [2.24, 2.45) is 5.73 Å². The molecule has 1 aliphatic rings. The first-order valence-corrected chi connectivity index (χ1v) is 7.07. The Morgan fingerprint density at radius 3 is 3.05 bits per heavy atom. The molecule has 21 heavy (non-hydrogen) atoms. The van der Waals surface area contributed by atoms with Crippen LogP contribution in [-0.2, 0) is 6.42 Å². The predicted molar refractivity (Wildman–Crippen MR) is 81.0 cm³/mol. The molecule has 4 rings (SSSR count). The normalized spacial score (nSPS) is 18.0. The van der Waals surface area contributed by atoms with Crippen molar-refractivity contribution in [3.63, 3.8) is 0 Å². The smallest absolute Gasteiger partial charge is 0.182 e. The zero-order valence-electron chi connectivity index (χ0n) is 11.5. The molecule has 0 saturated heterocycles. The van der Waals surface area contributed by atoms with Crippen LogP contribution in [0.5, 0.6) is 0 Å². The highest BCUT2D eigenvalue weighted by Crippen LogP contribution is 2.34. The highest BCUT2D eigenvalue weighted by Gasteiger charge is 2.28. The van der Waals surface area contributed by atoms with Crippen molar-refractivity contribution in [2.45, 2.75) is 12.5 Å². The van der Waals surface area contributed by atoms with E-state index in [0.29, 0.717) is 12.2 Å². The number of imidazole rings is 1. The Hall–Kier alpha value is -2.47. The van der Waals surface area contributed by atoms with Crippen LogP contribution in [0.1, 0.15) is 17.2 Å². The van der Waals surface area contributed by atoms with Crippen LogP contribution in [0.15, 0.2) is 36.9 Å². The van der Waals surface area contributed by atoms with Crippen molar-refractivity contribution in [3.8, 4) is 0 Å². The quantitative estimate of drug-likeness (QED) is 0.741. The highest BCUT2D eigenvalue weighted by atomic mass is 15.2. The van der Waals surface area contributed by atoms with E-state index in [4.69, 9.17) is 5.73 Å². The monoisotopic (exact) mass is 280 g/mol. The van der Waals surface area contributed by atoms with Gasteiger partial charge >= 0.3 is 0 Å². The van der Waals surface area contributed by atoms with Crippen LogP contribution in [0.25, 0.3) is 11.2 Å². The van der Waals surface area contributed by atoms with E-state index in [1.807, 2.05) is 0 Å². The van der Waals surface area contributed by atoms with Gasteiger partial charge in [0.25, 0.3) is 0 Å². The predicted octanol–water partition coefficient (Wildman–Crippen LogP) is 1.42. The second kappa shape index (κ2) is 4.82. The van der Waals surface area contributed by atoms with Crippen molar-refractivity contribution in [1.29, 1.82) is 0 Å². The summed E-state index contributed by atoms with van der Waals surface area (Å²) in [5.41, 5.74) is 10.3. The third-order valence-corrected chi connectivity index (χ3v) is 4.11. The Balaban J connectivity index is 1.84. The molecule has 6 heteroatoms. The summed E-state index contributed by atoms with van der Waals surface area (Å²) in [6.45, 7) is 1.45. The van der Waals surface area contributed by atoms with E-state index < -0.39 is 0 Å². The number of aromatic nitrogens is 4. The van der Waals surface area contributed by atoms with Gasteiger partial charge in [0.15, 0.2) is 11.5 Å². The summed E-state index contributed by atoms with van der Waals surface area (Å²) in [6.07, 6.45) is 4.21. The lowest BCUT2D eigenvalue weighted by atomic mass is 9.92. The molecule has 0 saturated carbocycles. The van der Waals surface area contributed by atoms with Gasteiger partial charge in [0, 0.05) is 13.1 Å². The topological polar surface area (TPSA) is 83.7 Å². The fourth-order valence-corrected chi connectivity index (χ4v) is 3.13. The van der Waals surface area contributed by atoms with Crippen molar-refractivity contribution in [1.82, 2.24) is 19.9 Å². The molecule has 0 spiro atoms. The Kier molecular flexibility index (Phi) is 2.82. The molecule has 0 radical (unpaired) electrons. The maximum absolute atomic E-state index is 6.05. The minimum atomic E-state index is 0.136. The van der Waals surface area contributed by atoms with Crippen LogP contribution in [0.3, 0.4) is 0 Å². The van der Waals surface area contributed by atoms with Crippen LogP contribution in [0.2, 0.25) is 0 Å². The number of hydrogen-bond donors (Lipinski definition) is 2. The van der Waals surface area contributed by atoms with E-state index in [-0.39, 0.29) is 6.04 Å². The highest BCUT2D eigenvalue weighted by molar-refractivity contribution is 5.83. The van der Waals surface area contributed by atoms with Crippen molar-refractivity contribution >= 4 is 17.0 Å². The van der Waals surface area contributed by atoms with Gasteiger partial charge in [-0.05, 0) is 17.5 Å². The Bertz CT molecular complexity index is 780. The van der Waals surface area contributed by atoms with Gasteiger partial charge in [0.2, 0.25) is 0 Å². The van der Waals surface area contributed by atoms with Gasteiger partial charge < -0.3 is 15.6 Å². The number of fused-ring (bicyclic) bond motifs is 2. The summed E-state index contributed by atoms with van der Waals surface area (Å²) in [6, 6.07) is 8.62. The van der Waals surface area contributed by atoms with Gasteiger partial charge in [-0.15, -0.1) is 0 Å². The zero-order chi connectivity index (χ0) is 14.2. The molecule has 6 nitrogen and oxygen atoms in total. The number of rotatable bonds is 2. The number of anilines is 1. The molecule has 0 aliphatic carbocycles. The van der Waals surface area contributed by atoms with Gasteiger partial charge in [-0.25, -0.2) is 15.0 Å². The number of aromatic amines is 1. The minimum Gasteiger partial charge on any atom is -0.346 e. The minimum absolute atomic E-state index is 0.136. The standard InChI is InChI=1S/C15H16N6/c16-7-12-11-4-2-1-3-10(11)5-6-21(12)15-13-14(18-8-17-13)19-9-20-15/h1-4,8-9,12H,5-7,16H2,(H,17,18,19,20). The number of H-pyrrole nitrogens is 1. The Morgan fingerprint density at radius 1 is 1.24 bits per heavy atom. The van der Waals surface area contributed by atoms with Crippen LogP contribution in [-0.4, -0.2) is 33.0 Å². The number of benzene rings is 1.